The van der Waals surface area contributed by atoms with E-state index in [2.05, 4.69) is 61.6 Å². The number of nitrogens with one attached hydrogen (secondary N) is 1. The molecule has 0 saturated heterocycles. The van der Waals surface area contributed by atoms with Crippen molar-refractivity contribution >= 4 is 0 Å². The van der Waals surface area contributed by atoms with Gasteiger partial charge in [0.25, 0.3) is 0 Å². The molecule has 2 unspecified atom stereocenters. The van der Waals surface area contributed by atoms with E-state index < -0.39 is 0 Å². The summed E-state index contributed by atoms with van der Waals surface area (Å²) >= 11 is 0. The van der Waals surface area contributed by atoms with E-state index >= 15 is 0 Å². The lowest BCUT2D eigenvalue weighted by Gasteiger charge is -2.22. The van der Waals surface area contributed by atoms with Gasteiger partial charge in [-0.2, -0.15) is 0 Å². The van der Waals surface area contributed by atoms with E-state index in [1.165, 1.54) is 22.3 Å². The van der Waals surface area contributed by atoms with Crippen LogP contribution in [0.25, 0.3) is 0 Å². The third kappa shape index (κ3) is 2.32. The summed E-state index contributed by atoms with van der Waals surface area (Å²) in [5.41, 5.74) is 5.23. The number of hydrogen-bond donors (Lipinski definition) is 1. The van der Waals surface area contributed by atoms with Crippen molar-refractivity contribution in [2.75, 3.05) is 7.05 Å². The first-order valence-electron chi connectivity index (χ1n) is 7.18. The average molecular weight is 267 g/mol. The number of ether oxygens (including phenoxy) is 1. The number of fused-ring (bicyclic) bond motifs is 1. The molecule has 2 heteroatoms. The Morgan fingerprint density at radius 3 is 2.65 bits per heavy atom. The second kappa shape index (κ2) is 5.29. The monoisotopic (exact) mass is 267 g/mol. The Labute approximate surface area is 120 Å². The number of rotatable bonds is 3. The Kier molecular flexibility index (Phi) is 3.49. The molecule has 0 amide bonds. The van der Waals surface area contributed by atoms with Crippen LogP contribution in [0, 0.1) is 13.8 Å². The topological polar surface area (TPSA) is 21.3 Å². The molecule has 0 radical (unpaired) electrons. The molecular weight excluding hydrogens is 246 g/mol. The molecule has 2 nitrogen and oxygen atoms in total. The summed E-state index contributed by atoms with van der Waals surface area (Å²) in [6.07, 6.45) is 1.13. The van der Waals surface area contributed by atoms with Crippen LogP contribution in [-0.4, -0.2) is 13.2 Å². The quantitative estimate of drug-likeness (QED) is 0.918. The molecule has 3 rings (SSSR count). The molecule has 1 N–H and O–H groups in total. The molecule has 0 bridgehead atoms. The summed E-state index contributed by atoms with van der Waals surface area (Å²) in [4.78, 5) is 0. The van der Waals surface area contributed by atoms with Gasteiger partial charge >= 0.3 is 0 Å². The summed E-state index contributed by atoms with van der Waals surface area (Å²) in [6.45, 7) is 4.22. The SMILES string of the molecule is CNC1c2ccccc2CC1Oc1ccc(C)cc1C. The molecule has 0 saturated carbocycles. The lowest BCUT2D eigenvalue weighted by Crippen LogP contribution is -2.30. The van der Waals surface area contributed by atoms with Crippen LogP contribution in [0.15, 0.2) is 42.5 Å². The van der Waals surface area contributed by atoms with Crippen molar-refractivity contribution in [3.8, 4) is 5.75 Å². The fourth-order valence-corrected chi connectivity index (χ4v) is 3.10. The number of hydrogen-bond acceptors (Lipinski definition) is 2. The standard InChI is InChI=1S/C18H21NO/c1-12-8-9-16(13(2)10-12)20-17-11-14-6-4-5-7-15(14)18(17)19-3/h4-10,17-19H,11H2,1-3H3. The summed E-state index contributed by atoms with van der Waals surface area (Å²) in [7, 11) is 2.01. The molecule has 0 spiro atoms. The second-order valence-electron chi connectivity index (χ2n) is 5.59. The van der Waals surface area contributed by atoms with Crippen LogP contribution in [0.5, 0.6) is 5.75 Å². The van der Waals surface area contributed by atoms with E-state index in [4.69, 9.17) is 4.74 Å². The van der Waals surface area contributed by atoms with Crippen molar-refractivity contribution < 1.29 is 4.74 Å². The zero-order chi connectivity index (χ0) is 14.1. The molecule has 0 aliphatic heterocycles. The Morgan fingerprint density at radius 2 is 1.90 bits per heavy atom. The number of benzene rings is 2. The lowest BCUT2D eigenvalue weighted by atomic mass is 10.1. The molecule has 20 heavy (non-hydrogen) atoms. The maximum Gasteiger partial charge on any atom is 0.122 e. The normalized spacial score (nSPS) is 20.8. The third-order valence-electron chi connectivity index (χ3n) is 4.10. The van der Waals surface area contributed by atoms with Crippen LogP contribution >= 0.6 is 0 Å². The molecule has 0 heterocycles. The van der Waals surface area contributed by atoms with E-state index in [9.17, 15) is 0 Å². The van der Waals surface area contributed by atoms with Crippen molar-refractivity contribution in [2.45, 2.75) is 32.4 Å². The molecule has 2 aromatic rings. The molecule has 0 aromatic heterocycles. The first kappa shape index (κ1) is 13.2. The summed E-state index contributed by atoms with van der Waals surface area (Å²) in [5, 5.41) is 3.40. The summed E-state index contributed by atoms with van der Waals surface area (Å²) < 4.78 is 6.28. The lowest BCUT2D eigenvalue weighted by molar-refractivity contribution is 0.170. The van der Waals surface area contributed by atoms with Crippen molar-refractivity contribution in [3.05, 3.63) is 64.7 Å². The second-order valence-corrected chi connectivity index (χ2v) is 5.59. The maximum absolute atomic E-state index is 6.28. The van der Waals surface area contributed by atoms with Gasteiger partial charge in [0.15, 0.2) is 0 Å². The third-order valence-corrected chi connectivity index (χ3v) is 4.10. The minimum atomic E-state index is 0.166. The van der Waals surface area contributed by atoms with Gasteiger partial charge in [-0.05, 0) is 43.7 Å². The highest BCUT2D eigenvalue weighted by Gasteiger charge is 2.32. The largest absolute Gasteiger partial charge is 0.488 e. The van der Waals surface area contributed by atoms with E-state index in [0.29, 0.717) is 0 Å². The Hall–Kier alpha value is -1.80. The van der Waals surface area contributed by atoms with Crippen molar-refractivity contribution in [1.29, 1.82) is 0 Å². The first-order valence-corrected chi connectivity index (χ1v) is 7.18. The highest BCUT2D eigenvalue weighted by Crippen LogP contribution is 2.34. The zero-order valence-corrected chi connectivity index (χ0v) is 12.3. The zero-order valence-electron chi connectivity index (χ0n) is 12.3. The van der Waals surface area contributed by atoms with Gasteiger partial charge in [-0.1, -0.05) is 42.0 Å². The van der Waals surface area contributed by atoms with E-state index in [1.54, 1.807) is 0 Å². The molecule has 2 aromatic carbocycles. The Bertz CT molecular complexity index is 621. The Morgan fingerprint density at radius 1 is 1.10 bits per heavy atom. The van der Waals surface area contributed by atoms with Gasteiger partial charge in [0.2, 0.25) is 0 Å². The van der Waals surface area contributed by atoms with E-state index in [0.717, 1.165) is 12.2 Å². The van der Waals surface area contributed by atoms with Gasteiger partial charge in [0, 0.05) is 6.42 Å². The molecular formula is C18H21NO. The fourth-order valence-electron chi connectivity index (χ4n) is 3.10. The van der Waals surface area contributed by atoms with E-state index in [1.807, 2.05) is 7.05 Å². The molecule has 104 valence electrons. The highest BCUT2D eigenvalue weighted by molar-refractivity contribution is 5.39. The molecule has 1 aliphatic rings. The predicted molar refractivity (Wildman–Crippen MR) is 82.3 cm³/mol. The van der Waals surface area contributed by atoms with Gasteiger partial charge in [-0.25, -0.2) is 0 Å². The van der Waals surface area contributed by atoms with Crippen LogP contribution in [0.2, 0.25) is 0 Å². The van der Waals surface area contributed by atoms with Crippen LogP contribution < -0.4 is 10.1 Å². The van der Waals surface area contributed by atoms with Gasteiger partial charge in [0.05, 0.1) is 6.04 Å². The molecule has 2 atom stereocenters. The number of likely N-dealkylation sites (N-methyl/N-ethyl adjacent to an activating group) is 1. The number of aryl methyl sites for hydroxylation is 2. The van der Waals surface area contributed by atoms with Crippen molar-refractivity contribution in [3.63, 3.8) is 0 Å². The van der Waals surface area contributed by atoms with Crippen LogP contribution in [0.1, 0.15) is 28.3 Å². The average Bonchev–Trinajstić information content (AvgIpc) is 2.79. The van der Waals surface area contributed by atoms with Crippen molar-refractivity contribution in [2.24, 2.45) is 0 Å². The van der Waals surface area contributed by atoms with Crippen LogP contribution in [0.4, 0.5) is 0 Å². The fraction of sp³-hybridized carbons (Fsp3) is 0.333. The first-order chi connectivity index (χ1) is 9.69. The highest BCUT2D eigenvalue weighted by atomic mass is 16.5. The smallest absolute Gasteiger partial charge is 0.122 e. The van der Waals surface area contributed by atoms with Gasteiger partial charge in [-0.3, -0.25) is 0 Å². The predicted octanol–water partition coefficient (Wildman–Crippen LogP) is 3.57. The maximum atomic E-state index is 6.28. The molecule has 0 fully saturated rings. The van der Waals surface area contributed by atoms with Gasteiger partial charge in [-0.15, -0.1) is 0 Å². The van der Waals surface area contributed by atoms with Gasteiger partial charge < -0.3 is 10.1 Å². The van der Waals surface area contributed by atoms with E-state index in [-0.39, 0.29) is 12.1 Å². The Balaban J connectivity index is 1.85. The van der Waals surface area contributed by atoms with Crippen LogP contribution in [0.3, 0.4) is 0 Å². The summed E-state index contributed by atoms with van der Waals surface area (Å²) in [5.74, 6) is 0.994. The van der Waals surface area contributed by atoms with Crippen molar-refractivity contribution in [1.82, 2.24) is 5.32 Å². The minimum Gasteiger partial charge on any atom is -0.488 e. The molecule has 1 aliphatic carbocycles. The minimum absolute atomic E-state index is 0.166. The van der Waals surface area contributed by atoms with Crippen LogP contribution in [-0.2, 0) is 6.42 Å². The van der Waals surface area contributed by atoms with Gasteiger partial charge in [0.1, 0.15) is 11.9 Å². The summed E-state index contributed by atoms with van der Waals surface area (Å²) in [6, 6.07) is 15.2.